The number of alkyl halides is 2. The molecule has 1 fully saturated rings. The maximum Gasteiger partial charge on any atom is 0.285 e. The van der Waals surface area contributed by atoms with Crippen molar-refractivity contribution in [2.45, 2.75) is 24.8 Å². The Morgan fingerprint density at radius 1 is 1.08 bits per heavy atom. The van der Waals surface area contributed by atoms with Crippen molar-refractivity contribution in [3.63, 3.8) is 0 Å². The van der Waals surface area contributed by atoms with Gasteiger partial charge in [0.2, 0.25) is 0 Å². The second-order valence-electron chi connectivity index (χ2n) is 6.61. The topological polar surface area (TPSA) is 46.8 Å². The zero-order valence-corrected chi connectivity index (χ0v) is 14.0. The summed E-state index contributed by atoms with van der Waals surface area (Å²) in [5.74, 6) is -3.52. The van der Waals surface area contributed by atoms with Gasteiger partial charge in [-0.2, -0.15) is 13.9 Å². The molecule has 0 saturated carbocycles. The summed E-state index contributed by atoms with van der Waals surface area (Å²) in [6.07, 6.45) is 6.37. The summed E-state index contributed by atoms with van der Waals surface area (Å²) >= 11 is 0. The van der Waals surface area contributed by atoms with Gasteiger partial charge in [0.1, 0.15) is 12.1 Å². The Morgan fingerprint density at radius 2 is 1.81 bits per heavy atom. The second-order valence-corrected chi connectivity index (χ2v) is 6.61. The van der Waals surface area contributed by atoms with Crippen molar-refractivity contribution in [2.24, 2.45) is 0 Å². The van der Waals surface area contributed by atoms with Crippen LogP contribution in [0.25, 0.3) is 11.0 Å². The molecule has 136 valence electrons. The summed E-state index contributed by atoms with van der Waals surface area (Å²) in [5, 5.41) is 5.26. The molecule has 2 aromatic heterocycles. The fraction of sp³-hybridized carbons (Fsp3) is 0.389. The first kappa shape index (κ1) is 17.0. The Balaban J connectivity index is 1.41. The summed E-state index contributed by atoms with van der Waals surface area (Å²) in [6, 6.07) is 4.58. The lowest BCUT2D eigenvalue weighted by molar-refractivity contribution is -0.0443. The van der Waals surface area contributed by atoms with E-state index in [0.29, 0.717) is 13.1 Å². The van der Waals surface area contributed by atoms with Crippen LogP contribution in [-0.4, -0.2) is 44.3 Å². The van der Waals surface area contributed by atoms with E-state index < -0.39 is 11.7 Å². The van der Waals surface area contributed by atoms with Crippen LogP contribution in [-0.2, 0) is 5.92 Å². The van der Waals surface area contributed by atoms with Gasteiger partial charge in [-0.3, -0.25) is 4.90 Å². The molecule has 0 N–H and O–H groups in total. The van der Waals surface area contributed by atoms with E-state index >= 15 is 0 Å². The van der Waals surface area contributed by atoms with Gasteiger partial charge in [-0.1, -0.05) is 12.1 Å². The van der Waals surface area contributed by atoms with Gasteiger partial charge in [0.15, 0.2) is 5.65 Å². The van der Waals surface area contributed by atoms with E-state index in [1.807, 2.05) is 4.68 Å². The van der Waals surface area contributed by atoms with Gasteiger partial charge in [-0.05, 0) is 25.0 Å². The molecule has 0 radical (unpaired) electrons. The number of piperidine rings is 1. The Kier molecular flexibility index (Phi) is 4.36. The molecule has 0 spiro atoms. The molecule has 0 aliphatic carbocycles. The highest BCUT2D eigenvalue weighted by molar-refractivity contribution is 5.72. The van der Waals surface area contributed by atoms with Crippen LogP contribution in [0.5, 0.6) is 0 Å². The van der Waals surface area contributed by atoms with Gasteiger partial charge < -0.3 is 0 Å². The SMILES string of the molecule is Fc1ccc(C(F)(F)CN2CCC(n3ncc4cncnc43)CC2)cc1. The minimum atomic E-state index is -3.01. The van der Waals surface area contributed by atoms with E-state index in [9.17, 15) is 13.2 Å². The number of rotatable bonds is 4. The van der Waals surface area contributed by atoms with Crippen LogP contribution in [0.3, 0.4) is 0 Å². The van der Waals surface area contributed by atoms with E-state index in [-0.39, 0.29) is 18.2 Å². The minimum Gasteiger partial charge on any atom is -0.297 e. The van der Waals surface area contributed by atoms with Crippen LogP contribution in [0.2, 0.25) is 0 Å². The van der Waals surface area contributed by atoms with E-state index in [0.717, 1.165) is 48.1 Å². The molecular weight excluding hydrogens is 343 g/mol. The molecule has 0 bridgehead atoms. The summed E-state index contributed by atoms with van der Waals surface area (Å²) in [6.45, 7) is 0.731. The first-order chi connectivity index (χ1) is 12.5. The van der Waals surface area contributed by atoms with Gasteiger partial charge in [0, 0.05) is 24.8 Å². The lowest BCUT2D eigenvalue weighted by Crippen LogP contribution is -2.41. The average Bonchev–Trinajstić information content (AvgIpc) is 3.07. The molecule has 1 aromatic carbocycles. The van der Waals surface area contributed by atoms with Crippen molar-refractivity contribution >= 4 is 11.0 Å². The second kappa shape index (κ2) is 6.68. The highest BCUT2D eigenvalue weighted by Gasteiger charge is 2.35. The molecule has 8 heteroatoms. The van der Waals surface area contributed by atoms with Crippen molar-refractivity contribution in [3.8, 4) is 0 Å². The zero-order valence-electron chi connectivity index (χ0n) is 14.0. The number of hydrogen-bond donors (Lipinski definition) is 0. The smallest absolute Gasteiger partial charge is 0.285 e. The lowest BCUT2D eigenvalue weighted by Gasteiger charge is -2.34. The summed E-state index contributed by atoms with van der Waals surface area (Å²) in [5.41, 5.74) is 0.617. The van der Waals surface area contributed by atoms with Gasteiger partial charge in [0.25, 0.3) is 5.92 Å². The van der Waals surface area contributed by atoms with Crippen molar-refractivity contribution in [3.05, 3.63) is 54.4 Å². The third kappa shape index (κ3) is 3.29. The molecule has 0 amide bonds. The van der Waals surface area contributed by atoms with Crippen LogP contribution in [0.15, 0.2) is 43.0 Å². The van der Waals surface area contributed by atoms with E-state index in [4.69, 9.17) is 0 Å². The molecule has 1 aliphatic heterocycles. The Hall–Kier alpha value is -2.48. The molecule has 5 nitrogen and oxygen atoms in total. The fourth-order valence-electron chi connectivity index (χ4n) is 3.45. The third-order valence-corrected chi connectivity index (χ3v) is 4.85. The van der Waals surface area contributed by atoms with E-state index in [2.05, 4.69) is 15.1 Å². The number of hydrogen-bond acceptors (Lipinski definition) is 4. The van der Waals surface area contributed by atoms with Crippen LogP contribution in [0, 0.1) is 5.82 Å². The Labute approximate surface area is 148 Å². The highest BCUT2D eigenvalue weighted by atomic mass is 19.3. The van der Waals surface area contributed by atoms with Gasteiger partial charge in [-0.15, -0.1) is 0 Å². The predicted octanol–water partition coefficient (Wildman–Crippen LogP) is 3.39. The Morgan fingerprint density at radius 3 is 2.54 bits per heavy atom. The van der Waals surface area contributed by atoms with Crippen molar-refractivity contribution < 1.29 is 13.2 Å². The lowest BCUT2D eigenvalue weighted by atomic mass is 10.0. The summed E-state index contributed by atoms with van der Waals surface area (Å²) in [7, 11) is 0. The average molecular weight is 361 g/mol. The highest BCUT2D eigenvalue weighted by Crippen LogP contribution is 2.32. The summed E-state index contributed by atoms with van der Waals surface area (Å²) < 4.78 is 43.7. The molecule has 26 heavy (non-hydrogen) atoms. The Bertz CT molecular complexity index is 885. The number of benzene rings is 1. The van der Waals surface area contributed by atoms with Crippen molar-refractivity contribution in [1.29, 1.82) is 0 Å². The number of aromatic nitrogens is 4. The molecule has 1 aliphatic rings. The summed E-state index contributed by atoms with van der Waals surface area (Å²) in [4.78, 5) is 10.00. The zero-order chi connectivity index (χ0) is 18.1. The van der Waals surface area contributed by atoms with E-state index in [1.54, 1.807) is 17.3 Å². The monoisotopic (exact) mass is 361 g/mol. The van der Waals surface area contributed by atoms with Crippen LogP contribution in [0.4, 0.5) is 13.2 Å². The van der Waals surface area contributed by atoms with Gasteiger partial charge in [-0.25, -0.2) is 19.0 Å². The molecule has 1 saturated heterocycles. The quantitative estimate of drug-likeness (QED) is 0.715. The van der Waals surface area contributed by atoms with Crippen LogP contribution < -0.4 is 0 Å². The maximum atomic E-state index is 14.5. The number of halogens is 3. The maximum absolute atomic E-state index is 14.5. The van der Waals surface area contributed by atoms with Gasteiger partial charge >= 0.3 is 0 Å². The molecule has 0 atom stereocenters. The number of likely N-dealkylation sites (tertiary alicyclic amines) is 1. The first-order valence-electron chi connectivity index (χ1n) is 8.52. The normalized spacial score (nSPS) is 17.0. The molecule has 3 aromatic rings. The standard InChI is InChI=1S/C18H18F3N5/c19-15-3-1-14(2-4-15)18(20,21)11-25-7-5-16(6-8-25)26-17-13(10-24-26)9-22-12-23-17/h1-4,9-10,12,16H,5-8,11H2. The van der Waals surface area contributed by atoms with Gasteiger partial charge in [0.05, 0.1) is 24.2 Å². The van der Waals surface area contributed by atoms with Crippen molar-refractivity contribution in [2.75, 3.05) is 19.6 Å². The number of fused-ring (bicyclic) bond motifs is 1. The molecule has 4 rings (SSSR count). The molecule has 0 unspecified atom stereocenters. The largest absolute Gasteiger partial charge is 0.297 e. The first-order valence-corrected chi connectivity index (χ1v) is 8.52. The van der Waals surface area contributed by atoms with E-state index in [1.165, 1.54) is 6.33 Å². The minimum absolute atomic E-state index is 0.137. The van der Waals surface area contributed by atoms with Crippen LogP contribution >= 0.6 is 0 Å². The molecular formula is C18H18F3N5. The van der Waals surface area contributed by atoms with Crippen molar-refractivity contribution in [1.82, 2.24) is 24.6 Å². The predicted molar refractivity (Wildman–Crippen MR) is 90.3 cm³/mol. The van der Waals surface area contributed by atoms with Crippen LogP contribution in [0.1, 0.15) is 24.4 Å². The fourth-order valence-corrected chi connectivity index (χ4v) is 3.45. The molecule has 3 heterocycles. The third-order valence-electron chi connectivity index (χ3n) is 4.85. The number of nitrogens with zero attached hydrogens (tertiary/aromatic N) is 5.